The second-order valence-electron chi connectivity index (χ2n) is 3.63. The first-order chi connectivity index (χ1) is 8.15. The van der Waals surface area contributed by atoms with Gasteiger partial charge in [0.1, 0.15) is 6.04 Å². The number of ether oxygens (including phenoxy) is 1. The third-order valence-electron chi connectivity index (χ3n) is 2.26. The highest BCUT2D eigenvalue weighted by atomic mass is 16.5. The van der Waals surface area contributed by atoms with Crippen LogP contribution in [0.25, 0.3) is 0 Å². The number of nitrogens with two attached hydrogens (primary N) is 1. The molecule has 5 nitrogen and oxygen atoms in total. The van der Waals surface area contributed by atoms with Gasteiger partial charge in [-0.2, -0.15) is 0 Å². The maximum Gasteiger partial charge on any atom is 0.328 e. The zero-order valence-corrected chi connectivity index (χ0v) is 10.2. The summed E-state index contributed by atoms with van der Waals surface area (Å²) in [5, 5.41) is 2.61. The summed E-state index contributed by atoms with van der Waals surface area (Å²) in [6.07, 6.45) is 7.76. The number of nitrogens with one attached hydrogen (secondary N) is 1. The van der Waals surface area contributed by atoms with Crippen molar-refractivity contribution in [2.45, 2.75) is 38.1 Å². The van der Waals surface area contributed by atoms with Crippen LogP contribution in [0.3, 0.4) is 0 Å². The lowest BCUT2D eigenvalue weighted by Gasteiger charge is -2.15. The van der Waals surface area contributed by atoms with Crippen LogP contribution in [0.15, 0.2) is 0 Å². The molecule has 0 rings (SSSR count). The number of esters is 1. The molecule has 0 aliphatic heterocycles. The third kappa shape index (κ3) is 7.36. The highest BCUT2D eigenvalue weighted by molar-refractivity contribution is 5.84. The van der Waals surface area contributed by atoms with E-state index >= 15 is 0 Å². The summed E-state index contributed by atoms with van der Waals surface area (Å²) in [6, 6.07) is -0.600. The van der Waals surface area contributed by atoms with E-state index in [2.05, 4.69) is 16.0 Å². The van der Waals surface area contributed by atoms with Crippen LogP contribution in [0.1, 0.15) is 32.1 Å². The molecule has 0 fully saturated rings. The van der Waals surface area contributed by atoms with Crippen LogP contribution in [0.2, 0.25) is 0 Å². The Labute approximate surface area is 102 Å². The Kier molecular flexibility index (Phi) is 8.79. The molecular formula is C12H20N2O3. The van der Waals surface area contributed by atoms with Crippen molar-refractivity contribution < 1.29 is 14.3 Å². The first-order valence-electron chi connectivity index (χ1n) is 5.66. The fourth-order valence-corrected chi connectivity index (χ4v) is 1.34. The SMILES string of the molecule is C#CCCC(=O)N[C@@H](CCCCN)C(=O)OC. The van der Waals surface area contributed by atoms with E-state index in [1.807, 2.05) is 0 Å². The zero-order valence-electron chi connectivity index (χ0n) is 10.2. The van der Waals surface area contributed by atoms with Crippen LogP contribution in [0, 0.1) is 12.3 Å². The summed E-state index contributed by atoms with van der Waals surface area (Å²) in [5.41, 5.74) is 5.36. The van der Waals surface area contributed by atoms with Crippen LogP contribution in [0.5, 0.6) is 0 Å². The zero-order chi connectivity index (χ0) is 13.1. The Morgan fingerprint density at radius 1 is 1.47 bits per heavy atom. The molecule has 5 heteroatoms. The smallest absolute Gasteiger partial charge is 0.328 e. The Bertz CT molecular complexity index is 284. The van der Waals surface area contributed by atoms with Gasteiger partial charge in [-0.25, -0.2) is 4.79 Å². The van der Waals surface area contributed by atoms with Crippen molar-refractivity contribution in [1.82, 2.24) is 5.32 Å². The van der Waals surface area contributed by atoms with Gasteiger partial charge in [0.2, 0.25) is 5.91 Å². The normalized spacial score (nSPS) is 11.4. The molecule has 0 bridgehead atoms. The van der Waals surface area contributed by atoms with E-state index in [4.69, 9.17) is 12.2 Å². The second-order valence-corrected chi connectivity index (χ2v) is 3.63. The van der Waals surface area contributed by atoms with Crippen molar-refractivity contribution in [2.75, 3.05) is 13.7 Å². The van der Waals surface area contributed by atoms with Gasteiger partial charge in [-0.15, -0.1) is 12.3 Å². The van der Waals surface area contributed by atoms with Crippen LogP contribution in [0.4, 0.5) is 0 Å². The van der Waals surface area contributed by atoms with Crippen molar-refractivity contribution >= 4 is 11.9 Å². The van der Waals surface area contributed by atoms with Gasteiger partial charge in [0, 0.05) is 12.8 Å². The molecule has 0 aromatic carbocycles. The van der Waals surface area contributed by atoms with Gasteiger partial charge in [-0.05, 0) is 25.8 Å². The molecule has 0 spiro atoms. The molecule has 3 N–H and O–H groups in total. The van der Waals surface area contributed by atoms with Crippen LogP contribution in [-0.4, -0.2) is 31.6 Å². The summed E-state index contributed by atoms with van der Waals surface area (Å²) in [6.45, 7) is 0.568. The van der Waals surface area contributed by atoms with Gasteiger partial charge >= 0.3 is 5.97 Å². The molecule has 0 heterocycles. The molecule has 0 saturated carbocycles. The number of methoxy groups -OCH3 is 1. The van der Waals surface area contributed by atoms with Gasteiger partial charge in [0.25, 0.3) is 0 Å². The summed E-state index contributed by atoms with van der Waals surface area (Å²) in [7, 11) is 1.30. The molecule has 96 valence electrons. The fraction of sp³-hybridized carbons (Fsp3) is 0.667. The van der Waals surface area contributed by atoms with Crippen LogP contribution >= 0.6 is 0 Å². The van der Waals surface area contributed by atoms with E-state index in [-0.39, 0.29) is 12.3 Å². The fourth-order valence-electron chi connectivity index (χ4n) is 1.34. The molecular weight excluding hydrogens is 220 g/mol. The largest absolute Gasteiger partial charge is 0.467 e. The number of amides is 1. The minimum atomic E-state index is -0.600. The number of carbonyl (C=O) groups excluding carboxylic acids is 2. The average Bonchev–Trinajstić information content (AvgIpc) is 2.34. The van der Waals surface area contributed by atoms with Crippen molar-refractivity contribution in [3.05, 3.63) is 0 Å². The topological polar surface area (TPSA) is 81.4 Å². The highest BCUT2D eigenvalue weighted by Gasteiger charge is 2.20. The van der Waals surface area contributed by atoms with Crippen molar-refractivity contribution in [3.63, 3.8) is 0 Å². The van der Waals surface area contributed by atoms with Gasteiger partial charge in [0.15, 0.2) is 0 Å². The van der Waals surface area contributed by atoms with Crippen LogP contribution < -0.4 is 11.1 Å². The number of hydrogen-bond acceptors (Lipinski definition) is 4. The Hall–Kier alpha value is -1.54. The minimum absolute atomic E-state index is 0.223. The predicted octanol–water partition coefficient (Wildman–Crippen LogP) is 0.187. The van der Waals surface area contributed by atoms with Gasteiger partial charge in [-0.3, -0.25) is 4.79 Å². The summed E-state index contributed by atoms with van der Waals surface area (Å²) in [5.74, 6) is 1.71. The summed E-state index contributed by atoms with van der Waals surface area (Å²) in [4.78, 5) is 22.8. The molecule has 0 radical (unpaired) electrons. The Balaban J connectivity index is 4.14. The van der Waals surface area contributed by atoms with E-state index in [9.17, 15) is 9.59 Å². The standard InChI is InChI=1S/C12H20N2O3/c1-3-4-8-11(15)14-10(12(16)17-2)7-5-6-9-13/h1,10H,4-9,13H2,2H3,(H,14,15)/t10-/m0/s1. The molecule has 0 aliphatic carbocycles. The predicted molar refractivity (Wildman–Crippen MR) is 64.9 cm³/mol. The maximum atomic E-state index is 11.4. The molecule has 0 aromatic rings. The quantitative estimate of drug-likeness (QED) is 0.360. The lowest BCUT2D eigenvalue weighted by Crippen LogP contribution is -2.41. The second kappa shape index (κ2) is 9.67. The molecule has 0 saturated heterocycles. The minimum Gasteiger partial charge on any atom is -0.467 e. The van der Waals surface area contributed by atoms with Gasteiger partial charge < -0.3 is 15.8 Å². The average molecular weight is 240 g/mol. The first-order valence-corrected chi connectivity index (χ1v) is 5.66. The van der Waals surface area contributed by atoms with Crippen molar-refractivity contribution in [1.29, 1.82) is 0 Å². The molecule has 1 amide bonds. The highest BCUT2D eigenvalue weighted by Crippen LogP contribution is 2.03. The van der Waals surface area contributed by atoms with E-state index in [1.54, 1.807) is 0 Å². The number of hydrogen-bond donors (Lipinski definition) is 2. The van der Waals surface area contributed by atoms with Crippen molar-refractivity contribution in [2.24, 2.45) is 5.73 Å². The van der Waals surface area contributed by atoms with E-state index in [0.717, 1.165) is 12.8 Å². The number of terminal acetylenes is 1. The number of carbonyl (C=O) groups is 2. The van der Waals surface area contributed by atoms with Gasteiger partial charge in [-0.1, -0.05) is 0 Å². The monoisotopic (exact) mass is 240 g/mol. The summed E-state index contributed by atoms with van der Waals surface area (Å²) >= 11 is 0. The third-order valence-corrected chi connectivity index (χ3v) is 2.26. The van der Waals surface area contributed by atoms with E-state index < -0.39 is 12.0 Å². The van der Waals surface area contributed by atoms with Gasteiger partial charge in [0.05, 0.1) is 7.11 Å². The summed E-state index contributed by atoms with van der Waals surface area (Å²) < 4.78 is 4.62. The first kappa shape index (κ1) is 15.5. The lowest BCUT2D eigenvalue weighted by molar-refractivity contribution is -0.145. The lowest BCUT2D eigenvalue weighted by atomic mass is 10.1. The number of unbranched alkanes of at least 4 members (excludes halogenated alkanes) is 1. The van der Waals surface area contributed by atoms with Crippen LogP contribution in [-0.2, 0) is 14.3 Å². The Morgan fingerprint density at radius 2 is 2.18 bits per heavy atom. The van der Waals surface area contributed by atoms with Crippen molar-refractivity contribution in [3.8, 4) is 12.3 Å². The maximum absolute atomic E-state index is 11.4. The molecule has 0 aliphatic rings. The molecule has 1 atom stereocenters. The van der Waals surface area contributed by atoms with E-state index in [0.29, 0.717) is 19.4 Å². The number of rotatable bonds is 8. The van der Waals surface area contributed by atoms with E-state index in [1.165, 1.54) is 7.11 Å². The molecule has 17 heavy (non-hydrogen) atoms. The molecule has 0 unspecified atom stereocenters. The molecule has 0 aromatic heterocycles. The Morgan fingerprint density at radius 3 is 2.71 bits per heavy atom.